The first-order valence-electron chi connectivity index (χ1n) is 5.90. The monoisotopic (exact) mass is 249 g/mol. The number of carbonyl (C=O) groups excluding carboxylic acids is 3. The molecule has 0 aromatic rings. The maximum atomic E-state index is 10.3. The molecule has 96 valence electrons. The standard InChI is InChI=1S/C12H15N3O3/c16-8-13-5-11-3-1-2-4-12(11,6-14-9-17)7-15-10-18/h11H,1-7H2. The van der Waals surface area contributed by atoms with Gasteiger partial charge in [-0.05, 0) is 18.8 Å². The zero-order valence-electron chi connectivity index (χ0n) is 10.1. The van der Waals surface area contributed by atoms with Gasteiger partial charge in [0.2, 0.25) is 18.2 Å². The second-order valence-electron chi connectivity index (χ2n) is 4.55. The van der Waals surface area contributed by atoms with Gasteiger partial charge >= 0.3 is 0 Å². The van der Waals surface area contributed by atoms with Gasteiger partial charge in [-0.1, -0.05) is 12.8 Å². The fraction of sp³-hybridized carbons (Fsp3) is 0.750. The third kappa shape index (κ3) is 3.57. The van der Waals surface area contributed by atoms with Crippen LogP contribution in [0.25, 0.3) is 0 Å². The fourth-order valence-corrected chi connectivity index (χ4v) is 2.66. The van der Waals surface area contributed by atoms with E-state index >= 15 is 0 Å². The number of rotatable bonds is 6. The molecule has 0 heterocycles. The normalized spacial score (nSPS) is 26.3. The van der Waals surface area contributed by atoms with Crippen LogP contribution in [0.4, 0.5) is 0 Å². The SMILES string of the molecule is O=C=NCC1CCCCC1(CN=C=O)CN=C=O. The summed E-state index contributed by atoms with van der Waals surface area (Å²) in [6.45, 7) is 0.869. The van der Waals surface area contributed by atoms with Crippen molar-refractivity contribution in [3.05, 3.63) is 0 Å². The average molecular weight is 249 g/mol. The predicted molar refractivity (Wildman–Crippen MR) is 63.4 cm³/mol. The molecule has 1 aliphatic carbocycles. The minimum absolute atomic E-state index is 0.0851. The maximum Gasteiger partial charge on any atom is 0.234 e. The quantitative estimate of drug-likeness (QED) is 0.522. The predicted octanol–water partition coefficient (Wildman–Crippen LogP) is 1.17. The Labute approximate surface area is 105 Å². The van der Waals surface area contributed by atoms with Crippen LogP contribution in [0.15, 0.2) is 15.0 Å². The first kappa shape index (κ1) is 14.2. The molecule has 0 amide bonds. The van der Waals surface area contributed by atoms with Crippen LogP contribution in [0.1, 0.15) is 25.7 Å². The van der Waals surface area contributed by atoms with Crippen LogP contribution in [-0.4, -0.2) is 37.9 Å². The molecule has 1 rings (SSSR count). The summed E-state index contributed by atoms with van der Waals surface area (Å²) in [4.78, 5) is 41.7. The second kappa shape index (κ2) is 7.46. The number of hydrogen-bond donors (Lipinski definition) is 0. The summed E-state index contributed by atoms with van der Waals surface area (Å²) in [6, 6.07) is 0. The summed E-state index contributed by atoms with van der Waals surface area (Å²) in [6.07, 6.45) is 8.28. The minimum Gasteiger partial charge on any atom is -0.211 e. The molecular weight excluding hydrogens is 234 g/mol. The molecule has 1 saturated carbocycles. The van der Waals surface area contributed by atoms with Gasteiger partial charge < -0.3 is 0 Å². The minimum atomic E-state index is -0.382. The topological polar surface area (TPSA) is 88.3 Å². The molecule has 1 aliphatic rings. The Hall–Kier alpha value is -1.86. The molecule has 6 heteroatoms. The number of nitrogens with zero attached hydrogens (tertiary/aromatic N) is 3. The van der Waals surface area contributed by atoms with Crippen molar-refractivity contribution in [3.63, 3.8) is 0 Å². The Morgan fingerprint density at radius 1 is 0.944 bits per heavy atom. The lowest BCUT2D eigenvalue weighted by molar-refractivity contribution is 0.120. The van der Waals surface area contributed by atoms with Crippen LogP contribution in [-0.2, 0) is 14.4 Å². The highest BCUT2D eigenvalue weighted by molar-refractivity contribution is 5.34. The van der Waals surface area contributed by atoms with Crippen molar-refractivity contribution < 1.29 is 14.4 Å². The van der Waals surface area contributed by atoms with Crippen LogP contribution in [0, 0.1) is 11.3 Å². The van der Waals surface area contributed by atoms with Crippen molar-refractivity contribution in [2.24, 2.45) is 26.3 Å². The van der Waals surface area contributed by atoms with Crippen molar-refractivity contribution >= 4 is 18.2 Å². The summed E-state index contributed by atoms with van der Waals surface area (Å²) in [5.41, 5.74) is -0.382. The summed E-state index contributed by atoms with van der Waals surface area (Å²) in [5, 5.41) is 0. The van der Waals surface area contributed by atoms with Gasteiger partial charge in [0.1, 0.15) is 0 Å². The Balaban J connectivity index is 2.94. The van der Waals surface area contributed by atoms with Crippen LogP contribution in [0.3, 0.4) is 0 Å². The lowest BCUT2D eigenvalue weighted by Gasteiger charge is -2.40. The van der Waals surface area contributed by atoms with Gasteiger partial charge in [0.05, 0.1) is 19.6 Å². The third-order valence-corrected chi connectivity index (χ3v) is 3.64. The molecule has 18 heavy (non-hydrogen) atoms. The zero-order chi connectivity index (χ0) is 13.3. The Morgan fingerprint density at radius 2 is 1.56 bits per heavy atom. The molecule has 6 nitrogen and oxygen atoms in total. The van der Waals surface area contributed by atoms with Gasteiger partial charge in [-0.25, -0.2) is 29.4 Å². The summed E-state index contributed by atoms with van der Waals surface area (Å²) in [7, 11) is 0. The highest BCUT2D eigenvalue weighted by Gasteiger charge is 2.40. The van der Waals surface area contributed by atoms with E-state index < -0.39 is 0 Å². The van der Waals surface area contributed by atoms with Crippen LogP contribution in [0.2, 0.25) is 0 Å². The fourth-order valence-electron chi connectivity index (χ4n) is 2.66. The van der Waals surface area contributed by atoms with Crippen LogP contribution in [0.5, 0.6) is 0 Å². The largest absolute Gasteiger partial charge is 0.234 e. The number of isocyanates is 3. The Morgan fingerprint density at radius 3 is 2.11 bits per heavy atom. The molecule has 1 atom stereocenters. The summed E-state index contributed by atoms with van der Waals surface area (Å²) < 4.78 is 0. The molecule has 1 unspecified atom stereocenters. The number of hydrogen-bond acceptors (Lipinski definition) is 6. The van der Waals surface area contributed by atoms with E-state index in [0.717, 1.165) is 25.7 Å². The van der Waals surface area contributed by atoms with Crippen molar-refractivity contribution in [2.75, 3.05) is 19.6 Å². The van der Waals surface area contributed by atoms with Crippen LogP contribution >= 0.6 is 0 Å². The highest BCUT2D eigenvalue weighted by atomic mass is 16.1. The van der Waals surface area contributed by atoms with Gasteiger partial charge in [0, 0.05) is 5.41 Å². The zero-order valence-corrected chi connectivity index (χ0v) is 10.1. The molecule has 0 aromatic heterocycles. The van der Waals surface area contributed by atoms with Gasteiger partial charge in [0.15, 0.2) is 0 Å². The molecule has 1 fully saturated rings. The van der Waals surface area contributed by atoms with Gasteiger partial charge in [0.25, 0.3) is 0 Å². The van der Waals surface area contributed by atoms with Gasteiger partial charge in [-0.3, -0.25) is 0 Å². The Bertz CT molecular complexity index is 396. The number of aliphatic imine (C=N–C) groups is 3. The van der Waals surface area contributed by atoms with E-state index in [9.17, 15) is 14.4 Å². The lowest BCUT2D eigenvalue weighted by Crippen LogP contribution is -2.41. The van der Waals surface area contributed by atoms with Crippen molar-refractivity contribution in [1.29, 1.82) is 0 Å². The summed E-state index contributed by atoms with van der Waals surface area (Å²) >= 11 is 0. The van der Waals surface area contributed by atoms with Crippen molar-refractivity contribution in [1.82, 2.24) is 0 Å². The van der Waals surface area contributed by atoms with E-state index in [2.05, 4.69) is 15.0 Å². The molecule has 0 spiro atoms. The molecule has 0 aromatic carbocycles. The molecule has 0 saturated heterocycles. The third-order valence-electron chi connectivity index (χ3n) is 3.64. The van der Waals surface area contributed by atoms with E-state index in [1.807, 2.05) is 0 Å². The molecule has 0 N–H and O–H groups in total. The van der Waals surface area contributed by atoms with E-state index in [0.29, 0.717) is 6.54 Å². The van der Waals surface area contributed by atoms with E-state index in [-0.39, 0.29) is 24.4 Å². The smallest absolute Gasteiger partial charge is 0.211 e. The molecule has 0 radical (unpaired) electrons. The second-order valence-corrected chi connectivity index (χ2v) is 4.55. The van der Waals surface area contributed by atoms with E-state index in [1.54, 1.807) is 0 Å². The average Bonchev–Trinajstić information content (AvgIpc) is 2.42. The van der Waals surface area contributed by atoms with Gasteiger partial charge in [-0.2, -0.15) is 0 Å². The van der Waals surface area contributed by atoms with E-state index in [4.69, 9.17) is 0 Å². The molecule has 0 aliphatic heterocycles. The lowest BCUT2D eigenvalue weighted by atomic mass is 9.66. The highest BCUT2D eigenvalue weighted by Crippen LogP contribution is 2.42. The first-order chi connectivity index (χ1) is 8.79. The van der Waals surface area contributed by atoms with Crippen molar-refractivity contribution in [3.8, 4) is 0 Å². The maximum absolute atomic E-state index is 10.3. The summed E-state index contributed by atoms with van der Waals surface area (Å²) in [5.74, 6) is 0.0851. The first-order valence-corrected chi connectivity index (χ1v) is 5.90. The molecular formula is C12H15N3O3. The Kier molecular flexibility index (Phi) is 5.89. The van der Waals surface area contributed by atoms with Crippen LogP contribution < -0.4 is 0 Å². The van der Waals surface area contributed by atoms with E-state index in [1.165, 1.54) is 18.2 Å². The van der Waals surface area contributed by atoms with Gasteiger partial charge in [-0.15, -0.1) is 0 Å². The van der Waals surface area contributed by atoms with Crippen molar-refractivity contribution in [2.45, 2.75) is 25.7 Å². The molecule has 0 bridgehead atoms.